The summed E-state index contributed by atoms with van der Waals surface area (Å²) in [5.74, 6) is 0.729. The molecule has 6 nitrogen and oxygen atoms in total. The van der Waals surface area contributed by atoms with Gasteiger partial charge in [0.25, 0.3) is 5.91 Å². The van der Waals surface area contributed by atoms with Crippen LogP contribution in [0.3, 0.4) is 0 Å². The number of benzene rings is 1. The molecule has 0 atom stereocenters. The molecule has 0 spiro atoms. The largest absolute Gasteiger partial charge is 0.497 e. The van der Waals surface area contributed by atoms with Crippen LogP contribution >= 0.6 is 11.3 Å². The normalized spacial score (nSPS) is 10.8. The van der Waals surface area contributed by atoms with Gasteiger partial charge >= 0.3 is 0 Å². The number of pyridine rings is 1. The fourth-order valence-corrected chi connectivity index (χ4v) is 3.49. The van der Waals surface area contributed by atoms with Gasteiger partial charge in [0.1, 0.15) is 5.75 Å². The molecule has 26 heavy (non-hydrogen) atoms. The van der Waals surface area contributed by atoms with Gasteiger partial charge in [0, 0.05) is 12.3 Å². The first-order chi connectivity index (χ1) is 12.7. The molecule has 4 aromatic rings. The van der Waals surface area contributed by atoms with Gasteiger partial charge in [0.15, 0.2) is 10.9 Å². The van der Waals surface area contributed by atoms with Gasteiger partial charge in [-0.15, -0.1) is 0 Å². The van der Waals surface area contributed by atoms with E-state index in [-0.39, 0.29) is 11.7 Å². The molecule has 0 unspecified atom stereocenters. The van der Waals surface area contributed by atoms with Crippen LogP contribution in [0.2, 0.25) is 0 Å². The van der Waals surface area contributed by atoms with E-state index in [2.05, 4.69) is 9.97 Å². The third-order valence-electron chi connectivity index (χ3n) is 3.84. The summed E-state index contributed by atoms with van der Waals surface area (Å²) in [5.41, 5.74) is 1.55. The van der Waals surface area contributed by atoms with E-state index in [9.17, 15) is 4.79 Å². The molecule has 0 aliphatic carbocycles. The minimum Gasteiger partial charge on any atom is -0.497 e. The zero-order chi connectivity index (χ0) is 17.9. The number of nitrogens with zero attached hydrogens (tertiary/aromatic N) is 3. The summed E-state index contributed by atoms with van der Waals surface area (Å²) >= 11 is 1.44. The molecule has 1 amide bonds. The molecule has 0 saturated heterocycles. The van der Waals surface area contributed by atoms with Crippen molar-refractivity contribution in [2.45, 2.75) is 6.54 Å². The van der Waals surface area contributed by atoms with E-state index in [4.69, 9.17) is 9.15 Å². The molecule has 0 aliphatic heterocycles. The van der Waals surface area contributed by atoms with Crippen molar-refractivity contribution in [2.75, 3.05) is 12.0 Å². The van der Waals surface area contributed by atoms with E-state index >= 15 is 0 Å². The number of ether oxygens (including phenoxy) is 1. The number of carbonyl (C=O) groups is 1. The first kappa shape index (κ1) is 16.3. The number of fused-ring (bicyclic) bond motifs is 1. The Morgan fingerprint density at radius 2 is 2.15 bits per heavy atom. The number of hydrogen-bond acceptors (Lipinski definition) is 6. The number of hydrogen-bond donors (Lipinski definition) is 0. The molecular formula is C19H15N3O3S. The zero-order valence-corrected chi connectivity index (χ0v) is 14.8. The van der Waals surface area contributed by atoms with Crippen LogP contribution in [-0.4, -0.2) is 23.0 Å². The summed E-state index contributed by atoms with van der Waals surface area (Å²) < 4.78 is 11.5. The number of amides is 1. The van der Waals surface area contributed by atoms with Crippen molar-refractivity contribution in [3.63, 3.8) is 0 Å². The van der Waals surface area contributed by atoms with Crippen molar-refractivity contribution in [2.24, 2.45) is 0 Å². The van der Waals surface area contributed by atoms with Gasteiger partial charge in [0.2, 0.25) is 0 Å². The molecule has 0 bridgehead atoms. The third kappa shape index (κ3) is 3.16. The van der Waals surface area contributed by atoms with Crippen LogP contribution in [0.4, 0.5) is 5.13 Å². The molecule has 3 aromatic heterocycles. The SMILES string of the molecule is COc1ccc2sc(N(Cc3ccccn3)C(=O)c3ccco3)nc2c1. The highest BCUT2D eigenvalue weighted by molar-refractivity contribution is 7.22. The number of thiazole rings is 1. The van der Waals surface area contributed by atoms with E-state index in [1.54, 1.807) is 30.3 Å². The standard InChI is InChI=1S/C19H15N3O3S/c1-24-14-7-8-17-15(11-14)21-19(26-17)22(12-13-5-2-3-9-20-13)18(23)16-6-4-10-25-16/h2-11H,12H2,1H3. The number of methoxy groups -OCH3 is 1. The van der Waals surface area contributed by atoms with Crippen molar-refractivity contribution in [1.82, 2.24) is 9.97 Å². The summed E-state index contributed by atoms with van der Waals surface area (Å²) in [5, 5.41) is 0.584. The maximum atomic E-state index is 13.0. The molecule has 7 heteroatoms. The van der Waals surface area contributed by atoms with Crippen LogP contribution in [-0.2, 0) is 6.54 Å². The van der Waals surface area contributed by atoms with Crippen LogP contribution in [0.5, 0.6) is 5.75 Å². The van der Waals surface area contributed by atoms with Crippen molar-refractivity contribution in [1.29, 1.82) is 0 Å². The molecule has 130 valence electrons. The Morgan fingerprint density at radius 3 is 2.88 bits per heavy atom. The molecule has 0 radical (unpaired) electrons. The second-order valence-electron chi connectivity index (χ2n) is 5.52. The average molecular weight is 365 g/mol. The molecule has 4 rings (SSSR count). The van der Waals surface area contributed by atoms with Crippen LogP contribution in [0.1, 0.15) is 16.2 Å². The zero-order valence-electron chi connectivity index (χ0n) is 14.0. The summed E-state index contributed by atoms with van der Waals surface area (Å²) in [6, 6.07) is 14.6. The molecule has 0 aliphatic rings. The van der Waals surface area contributed by atoms with Gasteiger partial charge in [-0.2, -0.15) is 0 Å². The minimum absolute atomic E-state index is 0.258. The maximum Gasteiger partial charge on any atom is 0.296 e. The summed E-state index contributed by atoms with van der Waals surface area (Å²) in [4.78, 5) is 23.5. The smallest absolute Gasteiger partial charge is 0.296 e. The lowest BCUT2D eigenvalue weighted by atomic mass is 10.3. The molecule has 1 aromatic carbocycles. The maximum absolute atomic E-state index is 13.0. The Balaban J connectivity index is 1.75. The summed E-state index contributed by atoms with van der Waals surface area (Å²) in [6.07, 6.45) is 3.18. The Bertz CT molecular complexity index is 1030. The second-order valence-corrected chi connectivity index (χ2v) is 6.53. The first-order valence-electron chi connectivity index (χ1n) is 7.94. The Hall–Kier alpha value is -3.19. The predicted molar refractivity (Wildman–Crippen MR) is 99.6 cm³/mol. The van der Waals surface area contributed by atoms with Gasteiger partial charge < -0.3 is 9.15 Å². The second kappa shape index (κ2) is 6.97. The molecule has 3 heterocycles. The fraction of sp³-hybridized carbons (Fsp3) is 0.105. The van der Waals surface area contributed by atoms with Crippen molar-refractivity contribution in [3.05, 3.63) is 72.4 Å². The van der Waals surface area contributed by atoms with Crippen LogP contribution in [0.25, 0.3) is 10.2 Å². The van der Waals surface area contributed by atoms with Gasteiger partial charge in [-0.3, -0.25) is 14.7 Å². The van der Waals surface area contributed by atoms with E-state index in [0.29, 0.717) is 11.7 Å². The van der Waals surface area contributed by atoms with Crippen molar-refractivity contribution < 1.29 is 13.9 Å². The van der Waals surface area contributed by atoms with Crippen molar-refractivity contribution in [3.8, 4) is 5.75 Å². The predicted octanol–water partition coefficient (Wildman–Crippen LogP) is 4.14. The van der Waals surface area contributed by atoms with Crippen LogP contribution in [0.15, 0.2) is 65.4 Å². The van der Waals surface area contributed by atoms with Gasteiger partial charge in [0.05, 0.1) is 35.8 Å². The van der Waals surface area contributed by atoms with Crippen molar-refractivity contribution >= 4 is 32.6 Å². The van der Waals surface area contributed by atoms with Gasteiger partial charge in [-0.25, -0.2) is 4.98 Å². The van der Waals surface area contributed by atoms with E-state index in [1.807, 2.05) is 36.4 Å². The lowest BCUT2D eigenvalue weighted by molar-refractivity contribution is 0.0958. The Labute approximate surface area is 153 Å². The number of furan rings is 1. The molecule has 0 N–H and O–H groups in total. The lowest BCUT2D eigenvalue weighted by Gasteiger charge is -2.18. The molecular weight excluding hydrogens is 350 g/mol. The number of rotatable bonds is 5. The first-order valence-corrected chi connectivity index (χ1v) is 8.76. The van der Waals surface area contributed by atoms with Crippen LogP contribution < -0.4 is 9.64 Å². The average Bonchev–Trinajstić information content (AvgIpc) is 3.35. The van der Waals surface area contributed by atoms with Gasteiger partial charge in [-0.1, -0.05) is 17.4 Å². The molecule has 0 saturated carbocycles. The fourth-order valence-electron chi connectivity index (χ4n) is 2.55. The number of anilines is 1. The van der Waals surface area contributed by atoms with Gasteiger partial charge in [-0.05, 0) is 36.4 Å². The highest BCUT2D eigenvalue weighted by atomic mass is 32.1. The summed E-state index contributed by atoms with van der Waals surface area (Å²) in [6.45, 7) is 0.303. The Kier molecular flexibility index (Phi) is 4.37. The minimum atomic E-state index is -0.258. The number of carbonyl (C=O) groups excluding carboxylic acids is 1. The lowest BCUT2D eigenvalue weighted by Crippen LogP contribution is -2.30. The Morgan fingerprint density at radius 1 is 1.23 bits per heavy atom. The molecule has 0 fully saturated rings. The van der Waals surface area contributed by atoms with E-state index in [0.717, 1.165) is 21.7 Å². The summed E-state index contributed by atoms with van der Waals surface area (Å²) in [7, 11) is 1.61. The van der Waals surface area contributed by atoms with E-state index in [1.165, 1.54) is 17.6 Å². The highest BCUT2D eigenvalue weighted by Crippen LogP contribution is 2.32. The number of aromatic nitrogens is 2. The quantitative estimate of drug-likeness (QED) is 0.532. The topological polar surface area (TPSA) is 68.5 Å². The monoisotopic (exact) mass is 365 g/mol. The van der Waals surface area contributed by atoms with E-state index < -0.39 is 0 Å². The van der Waals surface area contributed by atoms with Crippen LogP contribution in [0, 0.1) is 0 Å². The third-order valence-corrected chi connectivity index (χ3v) is 4.90. The highest BCUT2D eigenvalue weighted by Gasteiger charge is 2.24.